The lowest BCUT2D eigenvalue weighted by Crippen LogP contribution is -2.00. The maximum absolute atomic E-state index is 12.6. The maximum atomic E-state index is 12.6. The maximum Gasteiger partial charge on any atom is 0.354 e. The molecule has 0 saturated carbocycles. The van der Waals surface area contributed by atoms with Gasteiger partial charge in [-0.15, -0.1) is 0 Å². The molecule has 64 valence electrons. The highest BCUT2D eigenvalue weighted by Gasteiger charge is 2.06. The standard InChI is InChI=1S/C8H8FNO2/c1-5(9)6-2-3-7(8(11)12)10-4-6/h2-5H,1H3,(H,11,12). The molecule has 0 aliphatic heterocycles. The summed E-state index contributed by atoms with van der Waals surface area (Å²) >= 11 is 0. The highest BCUT2D eigenvalue weighted by Crippen LogP contribution is 2.14. The number of rotatable bonds is 2. The normalized spacial score (nSPS) is 12.5. The highest BCUT2D eigenvalue weighted by atomic mass is 19.1. The molecule has 1 aromatic heterocycles. The Morgan fingerprint density at radius 3 is 2.67 bits per heavy atom. The van der Waals surface area contributed by atoms with Gasteiger partial charge >= 0.3 is 5.97 Å². The number of hydrogen-bond acceptors (Lipinski definition) is 2. The summed E-state index contributed by atoms with van der Waals surface area (Å²) in [5.41, 5.74) is 0.319. The van der Waals surface area contributed by atoms with E-state index in [1.165, 1.54) is 25.3 Å². The van der Waals surface area contributed by atoms with Gasteiger partial charge in [-0.2, -0.15) is 0 Å². The molecule has 1 atom stereocenters. The molecule has 0 aromatic carbocycles. The van der Waals surface area contributed by atoms with E-state index < -0.39 is 12.1 Å². The largest absolute Gasteiger partial charge is 0.477 e. The molecule has 1 unspecified atom stereocenters. The second-order valence-electron chi connectivity index (χ2n) is 2.40. The van der Waals surface area contributed by atoms with E-state index in [9.17, 15) is 9.18 Å². The van der Waals surface area contributed by atoms with Crippen molar-refractivity contribution in [1.29, 1.82) is 0 Å². The van der Waals surface area contributed by atoms with Crippen LogP contribution in [0.5, 0.6) is 0 Å². The smallest absolute Gasteiger partial charge is 0.354 e. The Hall–Kier alpha value is -1.45. The Labute approximate surface area is 68.9 Å². The second kappa shape index (κ2) is 3.30. The number of carboxylic acids is 1. The van der Waals surface area contributed by atoms with Crippen molar-refractivity contribution in [2.45, 2.75) is 13.1 Å². The van der Waals surface area contributed by atoms with E-state index in [4.69, 9.17) is 5.11 Å². The van der Waals surface area contributed by atoms with Crippen molar-refractivity contribution < 1.29 is 14.3 Å². The fourth-order valence-electron chi connectivity index (χ4n) is 0.767. The van der Waals surface area contributed by atoms with Gasteiger partial charge < -0.3 is 5.11 Å². The summed E-state index contributed by atoms with van der Waals surface area (Å²) in [5, 5.41) is 8.46. The second-order valence-corrected chi connectivity index (χ2v) is 2.40. The number of carboxylic acid groups (broad SMARTS) is 1. The Morgan fingerprint density at radius 2 is 2.33 bits per heavy atom. The molecule has 4 heteroatoms. The van der Waals surface area contributed by atoms with Crippen LogP contribution >= 0.6 is 0 Å². The molecule has 3 nitrogen and oxygen atoms in total. The van der Waals surface area contributed by atoms with Crippen LogP contribution in [0.1, 0.15) is 29.1 Å². The minimum Gasteiger partial charge on any atom is -0.477 e. The van der Waals surface area contributed by atoms with Gasteiger partial charge in [-0.3, -0.25) is 0 Å². The molecule has 1 heterocycles. The summed E-state index contributed by atoms with van der Waals surface area (Å²) in [6.45, 7) is 1.37. The van der Waals surface area contributed by atoms with E-state index in [1.807, 2.05) is 0 Å². The van der Waals surface area contributed by atoms with Crippen molar-refractivity contribution >= 4 is 5.97 Å². The van der Waals surface area contributed by atoms with Crippen LogP contribution in [0, 0.1) is 0 Å². The van der Waals surface area contributed by atoms with Crippen LogP contribution in [0.25, 0.3) is 0 Å². The van der Waals surface area contributed by atoms with E-state index in [0.717, 1.165) is 0 Å². The van der Waals surface area contributed by atoms with E-state index in [-0.39, 0.29) is 5.69 Å². The zero-order chi connectivity index (χ0) is 9.14. The summed E-state index contributed by atoms with van der Waals surface area (Å²) in [4.78, 5) is 13.9. The first kappa shape index (κ1) is 8.64. The SMILES string of the molecule is CC(F)c1ccc(C(=O)O)nc1. The lowest BCUT2D eigenvalue weighted by atomic mass is 10.2. The Bertz CT molecular complexity index is 282. The lowest BCUT2D eigenvalue weighted by molar-refractivity contribution is 0.0690. The minimum absolute atomic E-state index is 0.0700. The fourth-order valence-corrected chi connectivity index (χ4v) is 0.767. The van der Waals surface area contributed by atoms with Gasteiger partial charge in [0.2, 0.25) is 0 Å². The minimum atomic E-state index is -1.11. The number of hydrogen-bond donors (Lipinski definition) is 1. The van der Waals surface area contributed by atoms with Crippen molar-refractivity contribution in [3.63, 3.8) is 0 Å². The van der Waals surface area contributed by atoms with Crippen LogP contribution in [0.2, 0.25) is 0 Å². The summed E-state index contributed by atoms with van der Waals surface area (Å²) < 4.78 is 12.6. The number of aromatic nitrogens is 1. The molecule has 0 bridgehead atoms. The lowest BCUT2D eigenvalue weighted by Gasteiger charge is -2.00. The van der Waals surface area contributed by atoms with Crippen LogP contribution in [-0.2, 0) is 0 Å². The Kier molecular flexibility index (Phi) is 2.38. The molecule has 0 saturated heterocycles. The molecule has 1 rings (SSSR count). The number of alkyl halides is 1. The van der Waals surface area contributed by atoms with Gasteiger partial charge in [0, 0.05) is 11.8 Å². The Morgan fingerprint density at radius 1 is 1.67 bits per heavy atom. The summed E-state index contributed by atoms with van der Waals surface area (Å²) in [7, 11) is 0. The van der Waals surface area contributed by atoms with Crippen molar-refractivity contribution in [1.82, 2.24) is 4.98 Å². The molecule has 0 fully saturated rings. The zero-order valence-electron chi connectivity index (χ0n) is 6.49. The Balaban J connectivity index is 2.93. The first-order valence-corrected chi connectivity index (χ1v) is 3.44. The monoisotopic (exact) mass is 169 g/mol. The average molecular weight is 169 g/mol. The van der Waals surface area contributed by atoms with Crippen molar-refractivity contribution in [3.8, 4) is 0 Å². The summed E-state index contributed by atoms with van der Waals surface area (Å²) in [6, 6.07) is 2.70. The predicted octanol–water partition coefficient (Wildman–Crippen LogP) is 1.81. The molecule has 1 N–H and O–H groups in total. The van der Waals surface area contributed by atoms with E-state index >= 15 is 0 Å². The molecular weight excluding hydrogens is 161 g/mol. The van der Waals surface area contributed by atoms with Gasteiger partial charge in [0.15, 0.2) is 0 Å². The molecule has 0 spiro atoms. The van der Waals surface area contributed by atoms with Crippen LogP contribution in [0.15, 0.2) is 18.3 Å². The number of aromatic carboxylic acids is 1. The first-order chi connectivity index (χ1) is 5.61. The van der Waals surface area contributed by atoms with Crippen LogP contribution in [-0.4, -0.2) is 16.1 Å². The number of pyridine rings is 1. The quantitative estimate of drug-likeness (QED) is 0.734. The zero-order valence-corrected chi connectivity index (χ0v) is 6.49. The molecule has 0 aliphatic carbocycles. The molecular formula is C8H8FNO2. The van der Waals surface area contributed by atoms with Gasteiger partial charge in [-0.1, -0.05) is 6.07 Å². The number of nitrogens with zero attached hydrogens (tertiary/aromatic N) is 1. The van der Waals surface area contributed by atoms with Crippen molar-refractivity contribution in [2.75, 3.05) is 0 Å². The molecule has 0 amide bonds. The fraction of sp³-hybridized carbons (Fsp3) is 0.250. The van der Waals surface area contributed by atoms with E-state index in [0.29, 0.717) is 5.56 Å². The molecule has 0 radical (unpaired) electrons. The van der Waals surface area contributed by atoms with Crippen LogP contribution in [0.4, 0.5) is 4.39 Å². The van der Waals surface area contributed by atoms with E-state index in [2.05, 4.69) is 4.98 Å². The highest BCUT2D eigenvalue weighted by molar-refractivity contribution is 5.85. The van der Waals surface area contributed by atoms with Gasteiger partial charge in [0.05, 0.1) is 0 Å². The third kappa shape index (κ3) is 1.78. The van der Waals surface area contributed by atoms with Crippen molar-refractivity contribution in [3.05, 3.63) is 29.6 Å². The average Bonchev–Trinajstić information content (AvgIpc) is 2.04. The van der Waals surface area contributed by atoms with Crippen LogP contribution in [0.3, 0.4) is 0 Å². The third-order valence-electron chi connectivity index (χ3n) is 1.46. The molecule has 0 aliphatic rings. The first-order valence-electron chi connectivity index (χ1n) is 3.44. The third-order valence-corrected chi connectivity index (χ3v) is 1.46. The summed E-state index contributed by atoms with van der Waals surface area (Å²) in [6.07, 6.45) is 0.119. The topological polar surface area (TPSA) is 50.2 Å². The predicted molar refractivity (Wildman–Crippen MR) is 40.7 cm³/mol. The van der Waals surface area contributed by atoms with Gasteiger partial charge in [0.1, 0.15) is 11.9 Å². The summed E-state index contributed by atoms with van der Waals surface area (Å²) in [5.74, 6) is -1.10. The van der Waals surface area contributed by atoms with E-state index in [1.54, 1.807) is 0 Å². The van der Waals surface area contributed by atoms with Gasteiger partial charge in [0.25, 0.3) is 0 Å². The van der Waals surface area contributed by atoms with Crippen LogP contribution < -0.4 is 0 Å². The number of carbonyl (C=O) groups is 1. The molecule has 12 heavy (non-hydrogen) atoms. The molecule has 1 aromatic rings. The van der Waals surface area contributed by atoms with Crippen molar-refractivity contribution in [2.24, 2.45) is 0 Å². The number of halogens is 1. The van der Waals surface area contributed by atoms with Gasteiger partial charge in [-0.05, 0) is 13.0 Å². The van der Waals surface area contributed by atoms with Gasteiger partial charge in [-0.25, -0.2) is 14.2 Å².